The molecule has 3 aromatic rings. The summed E-state index contributed by atoms with van der Waals surface area (Å²) in [5.41, 5.74) is 8.95. The summed E-state index contributed by atoms with van der Waals surface area (Å²) in [7, 11) is 0. The number of rotatable bonds is 3. The molecule has 100 valence electrons. The van der Waals surface area contributed by atoms with Crippen molar-refractivity contribution in [3.63, 3.8) is 0 Å². The highest BCUT2D eigenvalue weighted by atomic mass is 79.9. The molecule has 0 saturated carbocycles. The number of hydrogen-bond donors (Lipinski definition) is 1. The van der Waals surface area contributed by atoms with Crippen molar-refractivity contribution in [1.29, 1.82) is 0 Å². The lowest BCUT2D eigenvalue weighted by molar-refractivity contribution is 0.807. The highest BCUT2D eigenvalue weighted by Gasteiger charge is 2.06. The molecule has 0 saturated heterocycles. The fourth-order valence-electron chi connectivity index (χ4n) is 2.17. The lowest BCUT2D eigenvalue weighted by atomic mass is 10.2. The number of imidazole rings is 1. The predicted molar refractivity (Wildman–Crippen MR) is 85.3 cm³/mol. The summed E-state index contributed by atoms with van der Waals surface area (Å²) in [4.78, 5) is 4.45. The van der Waals surface area contributed by atoms with Crippen LogP contribution in [0.2, 0.25) is 0 Å². The van der Waals surface area contributed by atoms with Crippen molar-refractivity contribution >= 4 is 21.6 Å². The van der Waals surface area contributed by atoms with E-state index in [0.29, 0.717) is 0 Å². The van der Waals surface area contributed by atoms with Gasteiger partial charge in [0.1, 0.15) is 5.82 Å². The smallest absolute Gasteiger partial charge is 0.140 e. The number of nitrogen functional groups attached to an aromatic ring is 1. The first kappa shape index (κ1) is 12.9. The van der Waals surface area contributed by atoms with Crippen LogP contribution in [0.3, 0.4) is 0 Å². The van der Waals surface area contributed by atoms with Crippen molar-refractivity contribution < 1.29 is 0 Å². The Hall–Kier alpha value is -2.07. The van der Waals surface area contributed by atoms with Gasteiger partial charge in [0.05, 0.1) is 0 Å². The molecule has 0 bridgehead atoms. The number of benzene rings is 2. The van der Waals surface area contributed by atoms with Crippen LogP contribution in [0.15, 0.2) is 65.4 Å². The van der Waals surface area contributed by atoms with E-state index in [1.807, 2.05) is 42.7 Å². The van der Waals surface area contributed by atoms with Gasteiger partial charge in [0.15, 0.2) is 0 Å². The third-order valence-electron chi connectivity index (χ3n) is 3.16. The number of nitrogens with zero attached hydrogens (tertiary/aromatic N) is 2. The molecule has 1 heterocycles. The van der Waals surface area contributed by atoms with Crippen LogP contribution in [-0.4, -0.2) is 9.55 Å². The third kappa shape index (κ3) is 2.60. The Labute approximate surface area is 126 Å². The van der Waals surface area contributed by atoms with Crippen molar-refractivity contribution in [3.05, 3.63) is 71.0 Å². The maximum absolute atomic E-state index is 5.93. The molecule has 0 amide bonds. The van der Waals surface area contributed by atoms with E-state index in [9.17, 15) is 0 Å². The quantitative estimate of drug-likeness (QED) is 0.740. The third-order valence-corrected chi connectivity index (χ3v) is 3.88. The van der Waals surface area contributed by atoms with E-state index in [4.69, 9.17) is 5.73 Å². The number of nitrogens with two attached hydrogens (primary N) is 1. The van der Waals surface area contributed by atoms with Gasteiger partial charge in [0.2, 0.25) is 0 Å². The Kier molecular flexibility index (Phi) is 3.56. The first-order chi connectivity index (χ1) is 9.74. The van der Waals surface area contributed by atoms with Crippen molar-refractivity contribution in [3.8, 4) is 11.4 Å². The average Bonchev–Trinajstić information content (AvgIpc) is 2.92. The molecule has 0 unspecified atom stereocenters. The molecule has 3 nitrogen and oxygen atoms in total. The van der Waals surface area contributed by atoms with E-state index in [1.54, 1.807) is 0 Å². The van der Waals surface area contributed by atoms with Crippen LogP contribution < -0.4 is 5.73 Å². The van der Waals surface area contributed by atoms with Crippen molar-refractivity contribution in [2.45, 2.75) is 6.54 Å². The van der Waals surface area contributed by atoms with Crippen LogP contribution in [0.25, 0.3) is 11.4 Å². The number of halogens is 1. The first-order valence-corrected chi connectivity index (χ1v) is 7.14. The van der Waals surface area contributed by atoms with Crippen LogP contribution in [0, 0.1) is 0 Å². The van der Waals surface area contributed by atoms with E-state index in [2.05, 4.69) is 43.7 Å². The van der Waals surface area contributed by atoms with Gasteiger partial charge in [-0.3, -0.25) is 0 Å². The van der Waals surface area contributed by atoms with Gasteiger partial charge in [0.25, 0.3) is 0 Å². The predicted octanol–water partition coefficient (Wildman–Crippen LogP) is 3.94. The molecule has 3 rings (SSSR count). The summed E-state index contributed by atoms with van der Waals surface area (Å²) in [5, 5.41) is 0. The van der Waals surface area contributed by atoms with Gasteiger partial charge < -0.3 is 10.3 Å². The minimum Gasteiger partial charge on any atom is -0.398 e. The zero-order valence-corrected chi connectivity index (χ0v) is 12.4. The molecule has 0 atom stereocenters. The lowest BCUT2D eigenvalue weighted by Gasteiger charge is -2.09. The zero-order valence-electron chi connectivity index (χ0n) is 10.8. The Balaban J connectivity index is 1.92. The topological polar surface area (TPSA) is 43.8 Å². The molecule has 0 fully saturated rings. The van der Waals surface area contributed by atoms with E-state index in [0.717, 1.165) is 33.7 Å². The number of hydrogen-bond acceptors (Lipinski definition) is 2. The Morgan fingerprint density at radius 2 is 1.90 bits per heavy atom. The highest BCUT2D eigenvalue weighted by molar-refractivity contribution is 9.10. The van der Waals surface area contributed by atoms with E-state index >= 15 is 0 Å². The largest absolute Gasteiger partial charge is 0.398 e. The highest BCUT2D eigenvalue weighted by Crippen LogP contribution is 2.22. The van der Waals surface area contributed by atoms with Crippen LogP contribution in [-0.2, 0) is 6.54 Å². The Morgan fingerprint density at radius 3 is 2.65 bits per heavy atom. The standard InChI is InChI=1S/C16H14BrN3/c17-14-7-6-12(10-15(14)18)11-20-9-8-19-16(20)13-4-2-1-3-5-13/h1-10H,11,18H2. The van der Waals surface area contributed by atoms with Gasteiger partial charge in [-0.05, 0) is 33.6 Å². The molecule has 2 aromatic carbocycles. The summed E-state index contributed by atoms with van der Waals surface area (Å²) in [6.07, 6.45) is 3.81. The van der Waals surface area contributed by atoms with Crippen LogP contribution in [0.5, 0.6) is 0 Å². The normalized spacial score (nSPS) is 10.7. The van der Waals surface area contributed by atoms with E-state index in [1.165, 1.54) is 0 Å². The fraction of sp³-hybridized carbons (Fsp3) is 0.0625. The molecular weight excluding hydrogens is 314 g/mol. The van der Waals surface area contributed by atoms with Crippen molar-refractivity contribution in [1.82, 2.24) is 9.55 Å². The van der Waals surface area contributed by atoms with Gasteiger partial charge in [0, 0.05) is 34.7 Å². The van der Waals surface area contributed by atoms with Gasteiger partial charge >= 0.3 is 0 Å². The summed E-state index contributed by atoms with van der Waals surface area (Å²) in [6, 6.07) is 16.2. The fourth-order valence-corrected chi connectivity index (χ4v) is 2.42. The van der Waals surface area contributed by atoms with E-state index < -0.39 is 0 Å². The lowest BCUT2D eigenvalue weighted by Crippen LogP contribution is -2.02. The molecule has 0 spiro atoms. The molecule has 4 heteroatoms. The van der Waals surface area contributed by atoms with Crippen LogP contribution >= 0.6 is 15.9 Å². The van der Waals surface area contributed by atoms with Crippen LogP contribution in [0.4, 0.5) is 5.69 Å². The SMILES string of the molecule is Nc1cc(Cn2ccnc2-c2ccccc2)ccc1Br. The maximum Gasteiger partial charge on any atom is 0.140 e. The first-order valence-electron chi connectivity index (χ1n) is 6.34. The zero-order chi connectivity index (χ0) is 13.9. The Morgan fingerprint density at radius 1 is 1.10 bits per heavy atom. The summed E-state index contributed by atoms with van der Waals surface area (Å²) < 4.78 is 3.05. The molecule has 0 aliphatic carbocycles. The second-order valence-electron chi connectivity index (χ2n) is 4.60. The summed E-state index contributed by atoms with van der Waals surface area (Å²) in [5.74, 6) is 0.965. The second-order valence-corrected chi connectivity index (χ2v) is 5.45. The van der Waals surface area contributed by atoms with Gasteiger partial charge in [-0.15, -0.1) is 0 Å². The molecule has 20 heavy (non-hydrogen) atoms. The summed E-state index contributed by atoms with van der Waals surface area (Å²) in [6.45, 7) is 0.752. The van der Waals surface area contributed by atoms with Crippen molar-refractivity contribution in [2.24, 2.45) is 0 Å². The van der Waals surface area contributed by atoms with E-state index in [-0.39, 0.29) is 0 Å². The second kappa shape index (κ2) is 5.51. The molecule has 2 N–H and O–H groups in total. The average molecular weight is 328 g/mol. The molecule has 0 radical (unpaired) electrons. The van der Waals surface area contributed by atoms with Crippen molar-refractivity contribution in [2.75, 3.05) is 5.73 Å². The minimum absolute atomic E-state index is 0.752. The molecule has 1 aromatic heterocycles. The summed E-state index contributed by atoms with van der Waals surface area (Å²) >= 11 is 3.41. The van der Waals surface area contributed by atoms with Gasteiger partial charge in [-0.25, -0.2) is 4.98 Å². The monoisotopic (exact) mass is 327 g/mol. The number of aromatic nitrogens is 2. The molecule has 0 aliphatic rings. The molecule has 0 aliphatic heterocycles. The maximum atomic E-state index is 5.93. The molecular formula is C16H14BrN3. The van der Waals surface area contributed by atoms with Gasteiger partial charge in [-0.1, -0.05) is 36.4 Å². The van der Waals surface area contributed by atoms with Crippen LogP contribution in [0.1, 0.15) is 5.56 Å². The number of anilines is 1. The van der Waals surface area contributed by atoms with Gasteiger partial charge in [-0.2, -0.15) is 0 Å². The minimum atomic E-state index is 0.752. The Bertz CT molecular complexity index is 720.